The Bertz CT molecular complexity index is 107. The molecule has 1 radical (unpaired) electrons. The highest BCUT2D eigenvalue weighted by molar-refractivity contribution is 7.46. The summed E-state index contributed by atoms with van der Waals surface area (Å²) in [6, 6.07) is 0. The molecule has 0 aromatic carbocycles. The number of rotatable bonds is 4. The van der Waals surface area contributed by atoms with Crippen LogP contribution < -0.4 is 0 Å². The maximum Gasteiger partial charge on any atom is 0.469 e. The van der Waals surface area contributed by atoms with Crippen molar-refractivity contribution in [3.8, 4) is 0 Å². The molecule has 0 aromatic rings. The van der Waals surface area contributed by atoms with Gasteiger partial charge in [0.05, 0.1) is 6.61 Å². The molecule has 55 valence electrons. The molecular weight excluding hydrogens is 143 g/mol. The van der Waals surface area contributed by atoms with Crippen LogP contribution in [0.15, 0.2) is 0 Å². The van der Waals surface area contributed by atoms with Gasteiger partial charge in [-0.25, -0.2) is 4.57 Å². The first-order valence-corrected chi connectivity index (χ1v) is 4.07. The number of hydrogen-bond donors (Lipinski definition) is 2. The lowest BCUT2D eigenvalue weighted by Gasteiger charge is -2.01. The van der Waals surface area contributed by atoms with Gasteiger partial charge in [-0.2, -0.15) is 0 Å². The Morgan fingerprint density at radius 2 is 2.22 bits per heavy atom. The van der Waals surface area contributed by atoms with Crippen molar-refractivity contribution < 1.29 is 18.9 Å². The van der Waals surface area contributed by atoms with Crippen LogP contribution >= 0.6 is 7.82 Å². The summed E-state index contributed by atoms with van der Waals surface area (Å²) < 4.78 is 14.1. The van der Waals surface area contributed by atoms with Gasteiger partial charge >= 0.3 is 7.82 Å². The lowest BCUT2D eigenvalue weighted by molar-refractivity contribution is 0.199. The summed E-state index contributed by atoms with van der Waals surface area (Å²) in [4.78, 5) is 16.2. The van der Waals surface area contributed by atoms with Crippen LogP contribution in [0.4, 0.5) is 0 Å². The standard InChI is InChI=1S/C4H10O4P/c1-2-3-4-8-9(5,6)7/h2H,3-4H2,1H3,(H2,5,6,7). The zero-order valence-corrected chi connectivity index (χ0v) is 6.04. The molecule has 0 aliphatic carbocycles. The van der Waals surface area contributed by atoms with Crippen molar-refractivity contribution >= 4 is 7.82 Å². The maximum absolute atomic E-state index is 9.96. The molecule has 0 aliphatic heterocycles. The summed E-state index contributed by atoms with van der Waals surface area (Å²) in [6.45, 7) is 1.88. The number of unbranched alkanes of at least 4 members (excludes halogenated alkanes) is 1. The minimum absolute atomic E-state index is 0.0841. The first-order chi connectivity index (χ1) is 4.06. The average molecular weight is 153 g/mol. The van der Waals surface area contributed by atoms with Crippen molar-refractivity contribution in [1.82, 2.24) is 0 Å². The molecule has 2 N–H and O–H groups in total. The highest BCUT2D eigenvalue weighted by atomic mass is 31.2. The molecule has 0 bridgehead atoms. The highest BCUT2D eigenvalue weighted by Gasteiger charge is 2.11. The summed E-state index contributed by atoms with van der Waals surface area (Å²) >= 11 is 0. The number of phosphoric ester groups is 1. The van der Waals surface area contributed by atoms with Gasteiger partial charge in [-0.15, -0.1) is 0 Å². The molecule has 0 spiro atoms. The highest BCUT2D eigenvalue weighted by Crippen LogP contribution is 2.35. The molecule has 0 amide bonds. The van der Waals surface area contributed by atoms with Crippen molar-refractivity contribution in [2.75, 3.05) is 6.61 Å². The molecule has 9 heavy (non-hydrogen) atoms. The van der Waals surface area contributed by atoms with Crippen LogP contribution in [0.2, 0.25) is 0 Å². The summed E-state index contributed by atoms with van der Waals surface area (Å²) in [5, 5.41) is 0. The molecule has 0 atom stereocenters. The first-order valence-electron chi connectivity index (χ1n) is 2.54. The van der Waals surface area contributed by atoms with E-state index in [-0.39, 0.29) is 6.61 Å². The third-order valence-electron chi connectivity index (χ3n) is 0.666. The Balaban J connectivity index is 3.18. The molecule has 4 nitrogen and oxygen atoms in total. The zero-order chi connectivity index (χ0) is 7.33. The molecule has 0 aliphatic rings. The molecule has 0 unspecified atom stereocenters. The fourth-order valence-corrected chi connectivity index (χ4v) is 0.633. The van der Waals surface area contributed by atoms with Gasteiger partial charge in [-0.05, 0) is 12.8 Å². The molecule has 0 rings (SSSR count). The SMILES string of the molecule is C[CH]CCOP(=O)(O)O. The molecule has 0 aromatic heterocycles. The van der Waals surface area contributed by atoms with E-state index < -0.39 is 7.82 Å². The van der Waals surface area contributed by atoms with Crippen LogP contribution in [0, 0.1) is 6.42 Å². The maximum atomic E-state index is 9.96. The van der Waals surface area contributed by atoms with E-state index in [1.54, 1.807) is 13.3 Å². The molecular formula is C4H10O4P. The minimum Gasteiger partial charge on any atom is -0.303 e. The predicted molar refractivity (Wildman–Crippen MR) is 32.6 cm³/mol. The fraction of sp³-hybridized carbons (Fsp3) is 0.750. The van der Waals surface area contributed by atoms with Crippen LogP contribution in [0.3, 0.4) is 0 Å². The van der Waals surface area contributed by atoms with Crippen molar-refractivity contribution in [2.24, 2.45) is 0 Å². The van der Waals surface area contributed by atoms with E-state index in [4.69, 9.17) is 9.79 Å². The Morgan fingerprint density at radius 1 is 1.67 bits per heavy atom. The van der Waals surface area contributed by atoms with Crippen molar-refractivity contribution in [3.05, 3.63) is 6.42 Å². The van der Waals surface area contributed by atoms with Gasteiger partial charge in [0.25, 0.3) is 0 Å². The van der Waals surface area contributed by atoms with E-state index in [0.717, 1.165) is 0 Å². The molecule has 0 fully saturated rings. The largest absolute Gasteiger partial charge is 0.469 e. The van der Waals surface area contributed by atoms with Crippen LogP contribution in [0.5, 0.6) is 0 Å². The second-order valence-electron chi connectivity index (χ2n) is 1.52. The third-order valence-corrected chi connectivity index (χ3v) is 1.18. The lowest BCUT2D eigenvalue weighted by Crippen LogP contribution is -1.90. The second-order valence-corrected chi connectivity index (χ2v) is 2.76. The summed E-state index contributed by atoms with van der Waals surface area (Å²) in [5.41, 5.74) is 0. The lowest BCUT2D eigenvalue weighted by atomic mass is 10.4. The average Bonchev–Trinajstić information content (AvgIpc) is 1.63. The van der Waals surface area contributed by atoms with Crippen molar-refractivity contribution in [1.29, 1.82) is 0 Å². The van der Waals surface area contributed by atoms with E-state index in [9.17, 15) is 4.57 Å². The van der Waals surface area contributed by atoms with E-state index in [1.807, 2.05) is 0 Å². The second kappa shape index (κ2) is 4.01. The Hall–Kier alpha value is 0.110. The number of phosphoric acid groups is 1. The molecule has 0 saturated carbocycles. The topological polar surface area (TPSA) is 66.8 Å². The predicted octanol–water partition coefficient (Wildman–Crippen LogP) is 0.710. The smallest absolute Gasteiger partial charge is 0.303 e. The van der Waals surface area contributed by atoms with E-state index >= 15 is 0 Å². The summed E-state index contributed by atoms with van der Waals surface area (Å²) in [6.07, 6.45) is 2.33. The monoisotopic (exact) mass is 153 g/mol. The van der Waals surface area contributed by atoms with Gasteiger partial charge in [0.15, 0.2) is 0 Å². The third kappa shape index (κ3) is 8.11. The van der Waals surface area contributed by atoms with Crippen LogP contribution in [-0.4, -0.2) is 16.4 Å². The summed E-state index contributed by atoms with van der Waals surface area (Å²) in [5.74, 6) is 0. The van der Waals surface area contributed by atoms with Gasteiger partial charge < -0.3 is 9.79 Å². The van der Waals surface area contributed by atoms with Crippen LogP contribution in [-0.2, 0) is 9.09 Å². The fourth-order valence-electron chi connectivity index (χ4n) is 0.289. The van der Waals surface area contributed by atoms with Gasteiger partial charge in [0.2, 0.25) is 0 Å². The van der Waals surface area contributed by atoms with Crippen LogP contribution in [0.1, 0.15) is 13.3 Å². The summed E-state index contributed by atoms with van der Waals surface area (Å²) in [7, 11) is -4.22. The Kier molecular flexibility index (Phi) is 4.06. The number of hydrogen-bond acceptors (Lipinski definition) is 2. The normalized spacial score (nSPS) is 11.9. The Morgan fingerprint density at radius 3 is 2.56 bits per heavy atom. The zero-order valence-electron chi connectivity index (χ0n) is 5.15. The van der Waals surface area contributed by atoms with E-state index in [0.29, 0.717) is 6.42 Å². The van der Waals surface area contributed by atoms with Gasteiger partial charge in [0, 0.05) is 0 Å². The van der Waals surface area contributed by atoms with E-state index in [2.05, 4.69) is 4.52 Å². The van der Waals surface area contributed by atoms with Gasteiger partial charge in [-0.3, -0.25) is 4.52 Å². The van der Waals surface area contributed by atoms with Gasteiger partial charge in [-0.1, -0.05) is 6.92 Å². The quantitative estimate of drug-likeness (QED) is 0.461. The van der Waals surface area contributed by atoms with Crippen molar-refractivity contribution in [3.63, 3.8) is 0 Å². The van der Waals surface area contributed by atoms with Crippen molar-refractivity contribution in [2.45, 2.75) is 13.3 Å². The van der Waals surface area contributed by atoms with Gasteiger partial charge in [0.1, 0.15) is 0 Å². The molecule has 0 saturated heterocycles. The van der Waals surface area contributed by atoms with E-state index in [1.165, 1.54) is 0 Å². The van der Waals surface area contributed by atoms with Crippen LogP contribution in [0.25, 0.3) is 0 Å². The first kappa shape index (κ1) is 9.11. The molecule has 0 heterocycles. The Labute approximate surface area is 54.1 Å². The molecule has 5 heteroatoms. The minimum atomic E-state index is -4.22.